The van der Waals surface area contributed by atoms with Gasteiger partial charge in [0, 0.05) is 12.4 Å². The van der Waals surface area contributed by atoms with Crippen LogP contribution in [0.25, 0.3) is 21.9 Å². The smallest absolute Gasteiger partial charge is 0.0962 e. The van der Waals surface area contributed by atoms with E-state index in [0.717, 1.165) is 28.8 Å². The summed E-state index contributed by atoms with van der Waals surface area (Å²) < 4.78 is 4.08. The van der Waals surface area contributed by atoms with Crippen molar-refractivity contribution < 1.29 is 0 Å². The summed E-state index contributed by atoms with van der Waals surface area (Å²) >= 11 is 0. The van der Waals surface area contributed by atoms with Crippen LogP contribution in [0.2, 0.25) is 0 Å². The van der Waals surface area contributed by atoms with E-state index >= 15 is 0 Å². The molecule has 0 N–H and O–H groups in total. The number of nitrogens with zero attached hydrogens (tertiary/aromatic N) is 4. The van der Waals surface area contributed by atoms with Crippen LogP contribution in [0.3, 0.4) is 0 Å². The quantitative estimate of drug-likeness (QED) is 0.556. The summed E-state index contributed by atoms with van der Waals surface area (Å²) in [5.74, 6) is 0. The predicted molar refractivity (Wildman–Crippen MR) is 79.5 cm³/mol. The van der Waals surface area contributed by atoms with E-state index in [0.29, 0.717) is 0 Å². The van der Waals surface area contributed by atoms with E-state index in [1.54, 1.807) is 0 Å². The highest BCUT2D eigenvalue weighted by Crippen LogP contribution is 2.20. The van der Waals surface area contributed by atoms with E-state index in [1.807, 2.05) is 42.3 Å². The first-order chi connectivity index (χ1) is 9.83. The van der Waals surface area contributed by atoms with Crippen molar-refractivity contribution in [1.82, 2.24) is 19.3 Å². The molecular weight excluding hydrogens is 248 g/mol. The first-order valence-electron chi connectivity index (χ1n) is 6.63. The van der Waals surface area contributed by atoms with Gasteiger partial charge < -0.3 is 4.57 Å². The SMILES string of the molecule is Cn1nc(Cn2cnc3ccccc32)c2ccccc21. The Balaban J connectivity index is 1.85. The zero-order chi connectivity index (χ0) is 13.5. The van der Waals surface area contributed by atoms with Gasteiger partial charge in [-0.25, -0.2) is 4.98 Å². The zero-order valence-electron chi connectivity index (χ0n) is 11.2. The van der Waals surface area contributed by atoms with Crippen molar-refractivity contribution in [2.45, 2.75) is 6.54 Å². The fraction of sp³-hybridized carbons (Fsp3) is 0.125. The van der Waals surface area contributed by atoms with E-state index < -0.39 is 0 Å². The van der Waals surface area contributed by atoms with Crippen molar-refractivity contribution in [3.63, 3.8) is 0 Å². The molecule has 2 aromatic heterocycles. The normalized spacial score (nSPS) is 11.4. The number of hydrogen-bond acceptors (Lipinski definition) is 2. The Morgan fingerprint density at radius 1 is 0.950 bits per heavy atom. The van der Waals surface area contributed by atoms with Crippen LogP contribution in [0.4, 0.5) is 0 Å². The molecule has 0 atom stereocenters. The van der Waals surface area contributed by atoms with Gasteiger partial charge in [0.05, 0.1) is 35.1 Å². The van der Waals surface area contributed by atoms with Crippen molar-refractivity contribution in [2.75, 3.05) is 0 Å². The molecule has 0 saturated heterocycles. The van der Waals surface area contributed by atoms with E-state index in [4.69, 9.17) is 0 Å². The Morgan fingerprint density at radius 3 is 2.60 bits per heavy atom. The monoisotopic (exact) mass is 262 g/mol. The molecule has 4 heteroatoms. The molecule has 0 aliphatic heterocycles. The minimum absolute atomic E-state index is 0.738. The van der Waals surface area contributed by atoms with Crippen LogP contribution in [0.5, 0.6) is 0 Å². The molecule has 0 aliphatic rings. The maximum Gasteiger partial charge on any atom is 0.0962 e. The van der Waals surface area contributed by atoms with Gasteiger partial charge in [-0.2, -0.15) is 5.10 Å². The van der Waals surface area contributed by atoms with E-state index in [2.05, 4.69) is 38.9 Å². The Labute approximate surface area is 116 Å². The van der Waals surface area contributed by atoms with Crippen molar-refractivity contribution in [2.24, 2.45) is 7.05 Å². The second-order valence-corrected chi connectivity index (χ2v) is 4.95. The fourth-order valence-electron chi connectivity index (χ4n) is 2.70. The lowest BCUT2D eigenvalue weighted by molar-refractivity contribution is 0.728. The Bertz CT molecular complexity index is 901. The van der Waals surface area contributed by atoms with Gasteiger partial charge >= 0.3 is 0 Å². The summed E-state index contributed by atoms with van der Waals surface area (Å²) in [6.07, 6.45) is 1.88. The molecule has 98 valence electrons. The lowest BCUT2D eigenvalue weighted by atomic mass is 10.2. The molecule has 0 saturated carbocycles. The largest absolute Gasteiger partial charge is 0.324 e. The Kier molecular flexibility index (Phi) is 2.36. The summed E-state index contributed by atoms with van der Waals surface area (Å²) in [5, 5.41) is 5.84. The average Bonchev–Trinajstić information content (AvgIpc) is 3.03. The van der Waals surface area contributed by atoms with E-state index in [-0.39, 0.29) is 0 Å². The lowest BCUT2D eigenvalue weighted by Crippen LogP contribution is -2.00. The second-order valence-electron chi connectivity index (χ2n) is 4.95. The topological polar surface area (TPSA) is 35.6 Å². The van der Waals surface area contributed by atoms with Gasteiger partial charge in [0.15, 0.2) is 0 Å². The molecule has 4 rings (SSSR count). The molecule has 0 fully saturated rings. The molecule has 2 aromatic carbocycles. The van der Waals surface area contributed by atoms with Gasteiger partial charge in [-0.3, -0.25) is 4.68 Å². The number of benzene rings is 2. The lowest BCUT2D eigenvalue weighted by Gasteiger charge is -2.01. The predicted octanol–water partition coefficient (Wildman–Crippen LogP) is 2.97. The van der Waals surface area contributed by atoms with Gasteiger partial charge in [0.2, 0.25) is 0 Å². The standard InChI is InChI=1S/C16H14N4/c1-19-15-8-4-2-6-12(15)14(18-19)10-20-11-17-13-7-3-5-9-16(13)20/h2-9,11H,10H2,1H3. The van der Waals surface area contributed by atoms with Gasteiger partial charge in [-0.15, -0.1) is 0 Å². The van der Waals surface area contributed by atoms with Crippen LogP contribution in [0.1, 0.15) is 5.69 Å². The third-order valence-electron chi connectivity index (χ3n) is 3.68. The van der Waals surface area contributed by atoms with Gasteiger partial charge in [-0.05, 0) is 18.2 Å². The molecule has 0 spiro atoms. The van der Waals surface area contributed by atoms with Crippen LogP contribution in [-0.4, -0.2) is 19.3 Å². The summed E-state index contributed by atoms with van der Waals surface area (Å²) in [7, 11) is 1.98. The van der Waals surface area contributed by atoms with Gasteiger partial charge in [-0.1, -0.05) is 30.3 Å². The fourth-order valence-corrected chi connectivity index (χ4v) is 2.70. The summed E-state index contributed by atoms with van der Waals surface area (Å²) in [4.78, 5) is 4.43. The highest BCUT2D eigenvalue weighted by atomic mass is 15.3. The number of para-hydroxylation sites is 3. The minimum atomic E-state index is 0.738. The molecule has 0 aliphatic carbocycles. The van der Waals surface area contributed by atoms with Gasteiger partial charge in [0.1, 0.15) is 0 Å². The van der Waals surface area contributed by atoms with Crippen molar-refractivity contribution >= 4 is 21.9 Å². The van der Waals surface area contributed by atoms with E-state index in [9.17, 15) is 0 Å². The van der Waals surface area contributed by atoms with Gasteiger partial charge in [0.25, 0.3) is 0 Å². The number of fused-ring (bicyclic) bond motifs is 2. The third-order valence-corrected chi connectivity index (χ3v) is 3.68. The summed E-state index contributed by atoms with van der Waals surface area (Å²) in [5.41, 5.74) is 4.40. The van der Waals surface area contributed by atoms with Crippen molar-refractivity contribution in [1.29, 1.82) is 0 Å². The number of aromatic nitrogens is 4. The molecular formula is C16H14N4. The number of imidazole rings is 1. The Hall–Kier alpha value is -2.62. The Morgan fingerprint density at radius 2 is 1.70 bits per heavy atom. The molecule has 4 aromatic rings. The number of aryl methyl sites for hydroxylation is 1. The molecule has 20 heavy (non-hydrogen) atoms. The summed E-state index contributed by atoms with van der Waals surface area (Å²) in [6.45, 7) is 0.738. The van der Waals surface area contributed by atoms with Crippen LogP contribution in [-0.2, 0) is 13.6 Å². The van der Waals surface area contributed by atoms with Crippen molar-refractivity contribution in [3.05, 3.63) is 60.6 Å². The highest BCUT2D eigenvalue weighted by molar-refractivity contribution is 5.82. The third kappa shape index (κ3) is 1.61. The minimum Gasteiger partial charge on any atom is -0.324 e. The van der Waals surface area contributed by atoms with Crippen LogP contribution < -0.4 is 0 Å². The molecule has 0 radical (unpaired) electrons. The van der Waals surface area contributed by atoms with E-state index in [1.165, 1.54) is 5.39 Å². The number of hydrogen-bond donors (Lipinski definition) is 0. The van der Waals surface area contributed by atoms with Crippen LogP contribution >= 0.6 is 0 Å². The average molecular weight is 262 g/mol. The molecule has 2 heterocycles. The molecule has 0 bridgehead atoms. The van der Waals surface area contributed by atoms with Crippen molar-refractivity contribution in [3.8, 4) is 0 Å². The second kappa shape index (κ2) is 4.20. The molecule has 0 unspecified atom stereocenters. The first kappa shape index (κ1) is 11.2. The molecule has 0 amide bonds. The highest BCUT2D eigenvalue weighted by Gasteiger charge is 2.09. The summed E-state index contributed by atoms with van der Waals surface area (Å²) in [6, 6.07) is 16.5. The zero-order valence-corrected chi connectivity index (χ0v) is 11.2. The maximum atomic E-state index is 4.64. The molecule has 4 nitrogen and oxygen atoms in total. The van der Waals surface area contributed by atoms with Crippen LogP contribution in [0, 0.1) is 0 Å². The maximum absolute atomic E-state index is 4.64. The first-order valence-corrected chi connectivity index (χ1v) is 6.63. The number of rotatable bonds is 2. The van der Waals surface area contributed by atoms with Crippen LogP contribution in [0.15, 0.2) is 54.9 Å².